The third kappa shape index (κ3) is 4.85. The van der Waals surface area contributed by atoms with Gasteiger partial charge in [0, 0.05) is 10.8 Å². The maximum absolute atomic E-state index is 12.3. The maximum atomic E-state index is 12.3. The fraction of sp³-hybridized carbons (Fsp3) is 0.333. The van der Waals surface area contributed by atoms with Crippen molar-refractivity contribution in [3.63, 3.8) is 0 Å². The van der Waals surface area contributed by atoms with Crippen LogP contribution < -0.4 is 4.18 Å². The second kappa shape index (κ2) is 7.61. The monoisotopic (exact) mass is 396 g/mol. The predicted molar refractivity (Wildman–Crippen MR) is 89.4 cm³/mol. The van der Waals surface area contributed by atoms with Crippen LogP contribution in [0.2, 0.25) is 0 Å². The number of halogens is 3. The lowest BCUT2D eigenvalue weighted by Crippen LogP contribution is -2.28. The average Bonchev–Trinajstić information content (AvgIpc) is 3.08. The lowest BCUT2D eigenvalue weighted by molar-refractivity contribution is -0.0499. The quantitative estimate of drug-likeness (QED) is 0.590. The highest BCUT2D eigenvalue weighted by molar-refractivity contribution is 7.99. The van der Waals surface area contributed by atoms with E-state index < -0.39 is 21.4 Å². The molecule has 5 nitrogen and oxygen atoms in total. The second-order valence-electron chi connectivity index (χ2n) is 5.12. The molecule has 0 spiro atoms. The van der Waals surface area contributed by atoms with E-state index in [1.54, 1.807) is 0 Å². The van der Waals surface area contributed by atoms with Gasteiger partial charge in [0.2, 0.25) is 0 Å². The zero-order valence-electron chi connectivity index (χ0n) is 12.8. The van der Waals surface area contributed by atoms with Gasteiger partial charge in [0.05, 0.1) is 0 Å². The lowest BCUT2D eigenvalue weighted by Gasteiger charge is -2.12. The van der Waals surface area contributed by atoms with Crippen LogP contribution in [0, 0.1) is 0 Å². The van der Waals surface area contributed by atoms with E-state index in [1.807, 2.05) is 0 Å². The van der Waals surface area contributed by atoms with E-state index in [2.05, 4.69) is 15.9 Å². The van der Waals surface area contributed by atoms with Gasteiger partial charge in [-0.25, -0.2) is 0 Å². The molecule has 2 N–H and O–H groups in total. The molecule has 0 atom stereocenters. The Labute approximate surface area is 146 Å². The Morgan fingerprint density at radius 3 is 2.16 bits per heavy atom. The molecule has 1 heterocycles. The number of hydrogen-bond acceptors (Lipinski definition) is 6. The summed E-state index contributed by atoms with van der Waals surface area (Å²) in [4.78, 5) is 0. The smallest absolute Gasteiger partial charge is 0.508 e. The van der Waals surface area contributed by atoms with E-state index in [9.17, 15) is 31.8 Å². The number of aromatic hydroxyl groups is 2. The number of benzene rings is 2. The number of hydrogen-bond donors (Lipinski definition) is 2. The van der Waals surface area contributed by atoms with Crippen molar-refractivity contribution >= 4 is 32.7 Å². The predicted octanol–water partition coefficient (Wildman–Crippen LogP) is 3.99. The van der Waals surface area contributed by atoms with Gasteiger partial charge in [-0.05, 0) is 54.7 Å². The molecule has 0 aromatic heterocycles. The zero-order chi connectivity index (χ0) is 18.7. The highest BCUT2D eigenvalue weighted by atomic mass is 32.2. The molecule has 0 amide bonds. The summed E-state index contributed by atoms with van der Waals surface area (Å²) in [7, 11) is -5.83. The molecule has 0 unspecified atom stereocenters. The van der Waals surface area contributed by atoms with Crippen LogP contribution in [0.1, 0.15) is 12.8 Å². The molecule has 1 fully saturated rings. The number of alkyl halides is 3. The van der Waals surface area contributed by atoms with Crippen molar-refractivity contribution < 1.29 is 36.0 Å². The van der Waals surface area contributed by atoms with Gasteiger partial charge in [-0.1, -0.05) is 0 Å². The minimum Gasteiger partial charge on any atom is -0.508 e. The number of rotatable bonds is 2. The number of phenolic OH excluding ortho intramolecular Hbond substituents is 2. The van der Waals surface area contributed by atoms with Gasteiger partial charge in [-0.15, -0.1) is 0 Å². The highest BCUT2D eigenvalue weighted by Crippen LogP contribution is 2.37. The Bertz CT molecular complexity index is 838. The van der Waals surface area contributed by atoms with Gasteiger partial charge < -0.3 is 14.4 Å². The van der Waals surface area contributed by atoms with Crippen molar-refractivity contribution in [3.05, 3.63) is 30.3 Å². The summed E-state index contributed by atoms with van der Waals surface area (Å²) < 4.78 is 62.7. The lowest BCUT2D eigenvalue weighted by atomic mass is 10.1. The van der Waals surface area contributed by atoms with Gasteiger partial charge in [-0.2, -0.15) is 33.4 Å². The number of phenols is 2. The van der Waals surface area contributed by atoms with Crippen molar-refractivity contribution in [2.75, 3.05) is 11.5 Å². The largest absolute Gasteiger partial charge is 0.534 e. The van der Waals surface area contributed by atoms with Gasteiger partial charge in [-0.3, -0.25) is 0 Å². The Morgan fingerprint density at radius 2 is 1.64 bits per heavy atom. The van der Waals surface area contributed by atoms with Crippen LogP contribution in [0.25, 0.3) is 10.8 Å². The zero-order valence-corrected chi connectivity index (χ0v) is 14.4. The van der Waals surface area contributed by atoms with Crippen LogP contribution >= 0.6 is 11.8 Å². The fourth-order valence-electron chi connectivity index (χ4n) is 2.04. The van der Waals surface area contributed by atoms with Crippen molar-refractivity contribution in [1.29, 1.82) is 0 Å². The molecule has 0 saturated carbocycles. The Balaban J connectivity index is 0.000000386. The summed E-state index contributed by atoms with van der Waals surface area (Å²) in [5, 5.41) is 18.7. The topological polar surface area (TPSA) is 83.8 Å². The summed E-state index contributed by atoms with van der Waals surface area (Å²) in [6, 6.07) is 5.23. The van der Waals surface area contributed by atoms with Gasteiger partial charge >= 0.3 is 15.6 Å². The molecular formula is C15H15F3O5S2. The maximum Gasteiger partial charge on any atom is 0.534 e. The summed E-state index contributed by atoms with van der Waals surface area (Å²) in [6.07, 6.45) is 2.93. The van der Waals surface area contributed by atoms with E-state index in [-0.39, 0.29) is 22.3 Å². The summed E-state index contributed by atoms with van der Waals surface area (Å²) in [6.45, 7) is 0. The van der Waals surface area contributed by atoms with Crippen molar-refractivity contribution in [2.45, 2.75) is 18.3 Å². The minimum absolute atomic E-state index is 0.0395. The summed E-state index contributed by atoms with van der Waals surface area (Å²) in [5.74, 6) is 1.57. The molecule has 1 saturated heterocycles. The SMILES string of the molecule is C1CCSC1.O=S(=O)(Oc1ccc(O)c2ccc(O)cc12)C(F)(F)F. The molecule has 2 aromatic rings. The van der Waals surface area contributed by atoms with E-state index >= 15 is 0 Å². The van der Waals surface area contributed by atoms with E-state index in [0.29, 0.717) is 0 Å². The molecule has 2 aromatic carbocycles. The molecule has 0 aliphatic carbocycles. The summed E-state index contributed by atoms with van der Waals surface area (Å²) >= 11 is 2.07. The van der Waals surface area contributed by atoms with Crippen molar-refractivity contribution in [2.24, 2.45) is 0 Å². The van der Waals surface area contributed by atoms with Gasteiger partial charge in [0.25, 0.3) is 0 Å². The molecule has 3 rings (SSSR count). The Kier molecular flexibility index (Phi) is 5.94. The van der Waals surface area contributed by atoms with Crippen LogP contribution in [0.5, 0.6) is 17.2 Å². The van der Waals surface area contributed by atoms with Crippen LogP contribution in [0.15, 0.2) is 30.3 Å². The van der Waals surface area contributed by atoms with E-state index in [0.717, 1.165) is 18.2 Å². The molecule has 25 heavy (non-hydrogen) atoms. The molecular weight excluding hydrogens is 381 g/mol. The number of fused-ring (bicyclic) bond motifs is 1. The molecule has 10 heteroatoms. The van der Waals surface area contributed by atoms with Crippen LogP contribution in [0.3, 0.4) is 0 Å². The van der Waals surface area contributed by atoms with Crippen LogP contribution in [-0.4, -0.2) is 35.6 Å². The van der Waals surface area contributed by atoms with E-state index in [4.69, 9.17) is 0 Å². The van der Waals surface area contributed by atoms with E-state index in [1.165, 1.54) is 36.5 Å². The number of thioether (sulfide) groups is 1. The van der Waals surface area contributed by atoms with Crippen LogP contribution in [-0.2, 0) is 10.1 Å². The summed E-state index contributed by atoms with van der Waals surface area (Å²) in [5.41, 5.74) is -5.58. The fourth-order valence-corrected chi connectivity index (χ4v) is 3.54. The first-order chi connectivity index (χ1) is 11.6. The van der Waals surface area contributed by atoms with Crippen LogP contribution in [0.4, 0.5) is 13.2 Å². The van der Waals surface area contributed by atoms with Gasteiger partial charge in [0.1, 0.15) is 11.5 Å². The normalized spacial score (nSPS) is 14.8. The molecule has 1 aliphatic heterocycles. The second-order valence-corrected chi connectivity index (χ2v) is 7.88. The van der Waals surface area contributed by atoms with Gasteiger partial charge in [0.15, 0.2) is 5.75 Å². The first kappa shape index (κ1) is 19.5. The molecule has 0 radical (unpaired) electrons. The standard InChI is InChI=1S/C11H7F3O5S.C4H8S/c12-11(13,14)20(17,18)19-10-4-3-9(16)7-2-1-6(15)5-8(7)10;1-2-4-5-3-1/h1-5,15-16H;1-4H2. The Hall–Kier alpha value is -1.81. The minimum atomic E-state index is -5.83. The molecule has 138 valence electrons. The van der Waals surface area contributed by atoms with Crippen molar-refractivity contribution in [1.82, 2.24) is 0 Å². The highest BCUT2D eigenvalue weighted by Gasteiger charge is 2.48. The molecule has 1 aliphatic rings. The third-order valence-electron chi connectivity index (χ3n) is 3.25. The molecule has 0 bridgehead atoms. The average molecular weight is 396 g/mol. The first-order valence-corrected chi connectivity index (χ1v) is 9.71. The third-order valence-corrected chi connectivity index (χ3v) is 5.37. The Morgan fingerprint density at radius 1 is 1.00 bits per heavy atom. The van der Waals surface area contributed by atoms with Crippen molar-refractivity contribution in [3.8, 4) is 17.2 Å². The first-order valence-electron chi connectivity index (χ1n) is 7.15.